The van der Waals surface area contributed by atoms with Crippen molar-refractivity contribution in [3.8, 4) is 11.5 Å². The van der Waals surface area contributed by atoms with Gasteiger partial charge in [-0.25, -0.2) is 0 Å². The molecule has 23 heavy (non-hydrogen) atoms. The number of hydrogen-bond acceptors (Lipinski definition) is 4. The molecule has 0 N–H and O–H groups in total. The van der Waals surface area contributed by atoms with Gasteiger partial charge in [-0.1, -0.05) is 30.2 Å². The summed E-state index contributed by atoms with van der Waals surface area (Å²) in [6, 6.07) is 9.28. The second kappa shape index (κ2) is 6.28. The van der Waals surface area contributed by atoms with Crippen LogP contribution in [0.25, 0.3) is 17.5 Å². The fraction of sp³-hybridized carbons (Fsp3) is 0.474. The minimum Gasteiger partial charge on any atom is -0.421 e. The molecular weight excluding hydrogens is 286 g/mol. The highest BCUT2D eigenvalue weighted by Crippen LogP contribution is 2.29. The minimum atomic E-state index is 0.593. The SMILES string of the molecule is Cc1nnc(-c2ccc(C=C3CCN(C4CCC4)CC3)cc2)o1. The topological polar surface area (TPSA) is 42.2 Å². The highest BCUT2D eigenvalue weighted by molar-refractivity contribution is 5.60. The van der Waals surface area contributed by atoms with Crippen LogP contribution in [0.2, 0.25) is 0 Å². The second-order valence-electron chi connectivity index (χ2n) is 6.67. The molecule has 4 rings (SSSR count). The summed E-state index contributed by atoms with van der Waals surface area (Å²) >= 11 is 0. The number of likely N-dealkylation sites (tertiary alicyclic amines) is 1. The number of benzene rings is 1. The molecule has 0 bridgehead atoms. The van der Waals surface area contributed by atoms with E-state index in [-0.39, 0.29) is 0 Å². The van der Waals surface area contributed by atoms with E-state index < -0.39 is 0 Å². The van der Waals surface area contributed by atoms with E-state index in [2.05, 4.69) is 45.4 Å². The third-order valence-electron chi connectivity index (χ3n) is 5.09. The molecule has 0 unspecified atom stereocenters. The van der Waals surface area contributed by atoms with Crippen molar-refractivity contribution in [3.05, 3.63) is 41.3 Å². The molecule has 2 heterocycles. The first-order chi connectivity index (χ1) is 11.3. The van der Waals surface area contributed by atoms with Crippen LogP contribution in [0.15, 0.2) is 34.3 Å². The van der Waals surface area contributed by atoms with Crippen molar-refractivity contribution in [2.24, 2.45) is 0 Å². The van der Waals surface area contributed by atoms with Gasteiger partial charge < -0.3 is 4.42 Å². The van der Waals surface area contributed by atoms with E-state index in [0.717, 1.165) is 11.6 Å². The first-order valence-electron chi connectivity index (χ1n) is 8.62. The number of nitrogens with zero attached hydrogens (tertiary/aromatic N) is 3. The van der Waals surface area contributed by atoms with Crippen molar-refractivity contribution < 1.29 is 4.42 Å². The lowest BCUT2D eigenvalue weighted by atomic mass is 9.89. The lowest BCUT2D eigenvalue weighted by Crippen LogP contribution is -2.43. The zero-order valence-corrected chi connectivity index (χ0v) is 13.7. The standard InChI is InChI=1S/C19H23N3O/c1-14-20-21-19(23-14)17-7-5-15(6-8-17)13-16-9-11-22(12-10-16)18-3-2-4-18/h5-8,13,18H,2-4,9-12H2,1H3. The monoisotopic (exact) mass is 309 g/mol. The number of aryl methyl sites for hydroxylation is 1. The van der Waals surface area contributed by atoms with Crippen LogP contribution in [0.3, 0.4) is 0 Å². The van der Waals surface area contributed by atoms with Gasteiger partial charge in [0.2, 0.25) is 11.8 Å². The van der Waals surface area contributed by atoms with Gasteiger partial charge in [0.15, 0.2) is 0 Å². The van der Waals surface area contributed by atoms with Crippen LogP contribution in [0.5, 0.6) is 0 Å². The Balaban J connectivity index is 1.40. The molecule has 0 atom stereocenters. The number of aromatic nitrogens is 2. The van der Waals surface area contributed by atoms with Crippen LogP contribution < -0.4 is 0 Å². The zero-order valence-electron chi connectivity index (χ0n) is 13.7. The summed E-state index contributed by atoms with van der Waals surface area (Å²) in [5, 5.41) is 7.94. The summed E-state index contributed by atoms with van der Waals surface area (Å²) < 4.78 is 5.47. The largest absolute Gasteiger partial charge is 0.421 e. The Morgan fingerprint density at radius 2 is 1.83 bits per heavy atom. The van der Waals surface area contributed by atoms with Gasteiger partial charge in [-0.05, 0) is 43.4 Å². The smallest absolute Gasteiger partial charge is 0.247 e. The Morgan fingerprint density at radius 1 is 1.09 bits per heavy atom. The molecule has 1 aromatic carbocycles. The molecule has 0 amide bonds. The molecule has 4 heteroatoms. The van der Waals surface area contributed by atoms with E-state index >= 15 is 0 Å². The Labute approximate surface area is 137 Å². The summed E-state index contributed by atoms with van der Waals surface area (Å²) in [6.45, 7) is 4.27. The maximum atomic E-state index is 5.47. The average molecular weight is 309 g/mol. The van der Waals surface area contributed by atoms with Gasteiger partial charge in [0, 0.05) is 31.6 Å². The van der Waals surface area contributed by atoms with E-state index in [0.29, 0.717) is 11.8 Å². The van der Waals surface area contributed by atoms with Gasteiger partial charge >= 0.3 is 0 Å². The lowest BCUT2D eigenvalue weighted by Gasteiger charge is -2.40. The first kappa shape index (κ1) is 14.6. The lowest BCUT2D eigenvalue weighted by molar-refractivity contribution is 0.118. The molecule has 1 aliphatic carbocycles. The molecular formula is C19H23N3O. The molecule has 0 spiro atoms. The van der Waals surface area contributed by atoms with Crippen LogP contribution in [0.4, 0.5) is 0 Å². The van der Waals surface area contributed by atoms with E-state index in [1.54, 1.807) is 5.57 Å². The number of hydrogen-bond donors (Lipinski definition) is 0. The van der Waals surface area contributed by atoms with Crippen LogP contribution in [0, 0.1) is 6.92 Å². The van der Waals surface area contributed by atoms with Crippen molar-refractivity contribution in [1.82, 2.24) is 15.1 Å². The summed E-state index contributed by atoms with van der Waals surface area (Å²) in [6.07, 6.45) is 9.02. The fourth-order valence-electron chi connectivity index (χ4n) is 3.44. The molecule has 1 aliphatic heterocycles. The van der Waals surface area contributed by atoms with Crippen molar-refractivity contribution in [2.75, 3.05) is 13.1 Å². The normalized spacial score (nSPS) is 19.6. The Bertz CT molecular complexity index is 688. The van der Waals surface area contributed by atoms with Crippen molar-refractivity contribution in [3.63, 3.8) is 0 Å². The molecule has 1 aromatic heterocycles. The van der Waals surface area contributed by atoms with Crippen molar-refractivity contribution in [1.29, 1.82) is 0 Å². The van der Waals surface area contributed by atoms with Crippen LogP contribution in [0.1, 0.15) is 43.6 Å². The molecule has 2 fully saturated rings. The molecule has 0 radical (unpaired) electrons. The second-order valence-corrected chi connectivity index (χ2v) is 6.67. The average Bonchev–Trinajstić information content (AvgIpc) is 2.95. The Kier molecular flexibility index (Phi) is 4.00. The van der Waals surface area contributed by atoms with Gasteiger partial charge in [0.05, 0.1) is 0 Å². The predicted molar refractivity (Wildman–Crippen MR) is 90.9 cm³/mol. The predicted octanol–water partition coefficient (Wildman–Crippen LogP) is 4.08. The molecule has 1 saturated carbocycles. The summed E-state index contributed by atoms with van der Waals surface area (Å²) in [4.78, 5) is 2.68. The molecule has 2 aromatic rings. The quantitative estimate of drug-likeness (QED) is 0.857. The molecule has 2 aliphatic rings. The third-order valence-corrected chi connectivity index (χ3v) is 5.09. The van der Waals surface area contributed by atoms with Gasteiger partial charge in [-0.3, -0.25) is 4.90 Å². The summed E-state index contributed by atoms with van der Waals surface area (Å²) in [5.41, 5.74) is 3.81. The molecule has 120 valence electrons. The third kappa shape index (κ3) is 3.22. The fourth-order valence-corrected chi connectivity index (χ4v) is 3.44. The maximum absolute atomic E-state index is 5.47. The van der Waals surface area contributed by atoms with E-state index in [1.807, 2.05) is 6.92 Å². The van der Waals surface area contributed by atoms with Crippen LogP contribution in [-0.2, 0) is 0 Å². The van der Waals surface area contributed by atoms with Gasteiger partial charge in [-0.2, -0.15) is 0 Å². The highest BCUT2D eigenvalue weighted by atomic mass is 16.4. The van der Waals surface area contributed by atoms with Crippen molar-refractivity contribution in [2.45, 2.75) is 45.1 Å². The van der Waals surface area contributed by atoms with E-state index in [4.69, 9.17) is 4.42 Å². The van der Waals surface area contributed by atoms with Gasteiger partial charge in [0.1, 0.15) is 0 Å². The van der Waals surface area contributed by atoms with E-state index in [9.17, 15) is 0 Å². The van der Waals surface area contributed by atoms with Crippen LogP contribution >= 0.6 is 0 Å². The van der Waals surface area contributed by atoms with Crippen LogP contribution in [-0.4, -0.2) is 34.2 Å². The van der Waals surface area contributed by atoms with Gasteiger partial charge in [-0.15, -0.1) is 10.2 Å². The zero-order chi connectivity index (χ0) is 15.6. The maximum Gasteiger partial charge on any atom is 0.247 e. The van der Waals surface area contributed by atoms with Gasteiger partial charge in [0.25, 0.3) is 0 Å². The molecule has 4 nitrogen and oxygen atoms in total. The van der Waals surface area contributed by atoms with Crippen molar-refractivity contribution >= 4 is 6.08 Å². The summed E-state index contributed by atoms with van der Waals surface area (Å²) in [7, 11) is 0. The van der Waals surface area contributed by atoms with E-state index in [1.165, 1.54) is 50.8 Å². The first-order valence-corrected chi connectivity index (χ1v) is 8.62. The summed E-state index contributed by atoms with van der Waals surface area (Å²) in [5.74, 6) is 1.19. The number of piperidine rings is 1. The Hall–Kier alpha value is -1.94. The Morgan fingerprint density at radius 3 is 2.39 bits per heavy atom. The molecule has 1 saturated heterocycles. The minimum absolute atomic E-state index is 0.593. The highest BCUT2D eigenvalue weighted by Gasteiger charge is 2.26. The number of rotatable bonds is 3.